The molecule has 0 aliphatic carbocycles. The lowest BCUT2D eigenvalue weighted by atomic mass is 10.2. The van der Waals surface area contributed by atoms with Crippen molar-refractivity contribution in [3.63, 3.8) is 0 Å². The maximum atomic E-state index is 13.8. The van der Waals surface area contributed by atoms with Crippen LogP contribution < -0.4 is 15.4 Å². The second-order valence-corrected chi connectivity index (χ2v) is 5.70. The number of thiocarbonyl (C=S) groups is 1. The minimum atomic E-state index is -0.562. The molecular weight excluding hydrogens is 346 g/mol. The summed E-state index contributed by atoms with van der Waals surface area (Å²) >= 11 is 17.0. The Morgan fingerprint density at radius 1 is 1.14 bits per heavy atom. The topological polar surface area (TPSA) is 33.3 Å². The number of anilines is 2. The van der Waals surface area contributed by atoms with E-state index in [1.165, 1.54) is 13.2 Å². The zero-order valence-corrected chi connectivity index (χ0v) is 14.2. The summed E-state index contributed by atoms with van der Waals surface area (Å²) in [4.78, 5) is 0. The molecule has 0 aliphatic heterocycles. The van der Waals surface area contributed by atoms with Crippen LogP contribution in [-0.4, -0.2) is 12.2 Å². The Kier molecular flexibility index (Phi) is 5.45. The molecule has 0 radical (unpaired) electrons. The van der Waals surface area contributed by atoms with Crippen LogP contribution in [0.5, 0.6) is 5.75 Å². The predicted molar refractivity (Wildman–Crippen MR) is 94.0 cm³/mol. The molecule has 0 saturated heterocycles. The zero-order valence-electron chi connectivity index (χ0n) is 11.8. The Labute approximate surface area is 143 Å². The molecule has 0 aliphatic rings. The monoisotopic (exact) mass is 358 g/mol. The Bertz CT molecular complexity index is 725. The largest absolute Gasteiger partial charge is 0.495 e. The summed E-state index contributed by atoms with van der Waals surface area (Å²) in [5.41, 5.74) is 1.68. The smallest absolute Gasteiger partial charge is 0.175 e. The fourth-order valence-corrected chi connectivity index (χ4v) is 2.35. The van der Waals surface area contributed by atoms with Crippen LogP contribution in [-0.2, 0) is 0 Å². The van der Waals surface area contributed by atoms with Gasteiger partial charge in [0.05, 0.1) is 23.5 Å². The number of nitrogens with one attached hydrogen (secondary N) is 2. The van der Waals surface area contributed by atoms with E-state index in [0.29, 0.717) is 16.5 Å². The van der Waals surface area contributed by atoms with Crippen LogP contribution in [0.25, 0.3) is 0 Å². The van der Waals surface area contributed by atoms with E-state index in [4.69, 9.17) is 40.2 Å². The lowest BCUT2D eigenvalue weighted by Crippen LogP contribution is -2.20. The Hall–Kier alpha value is -1.56. The molecule has 0 amide bonds. The maximum Gasteiger partial charge on any atom is 0.175 e. The van der Waals surface area contributed by atoms with Crippen molar-refractivity contribution in [2.45, 2.75) is 6.92 Å². The quantitative estimate of drug-likeness (QED) is 0.733. The first-order chi connectivity index (χ1) is 10.4. The van der Waals surface area contributed by atoms with E-state index in [-0.39, 0.29) is 15.8 Å². The number of ether oxygens (including phenoxy) is 1. The third-order valence-corrected chi connectivity index (χ3v) is 3.83. The summed E-state index contributed by atoms with van der Waals surface area (Å²) in [5.74, 6) is -0.0288. The van der Waals surface area contributed by atoms with Crippen molar-refractivity contribution in [1.29, 1.82) is 0 Å². The van der Waals surface area contributed by atoms with E-state index in [1.807, 2.05) is 6.92 Å². The fraction of sp³-hybridized carbons (Fsp3) is 0.133. The lowest BCUT2D eigenvalue weighted by molar-refractivity contribution is 0.417. The number of hydrogen-bond acceptors (Lipinski definition) is 2. The van der Waals surface area contributed by atoms with Gasteiger partial charge in [-0.2, -0.15) is 0 Å². The molecule has 2 aromatic carbocycles. The van der Waals surface area contributed by atoms with Gasteiger partial charge in [0.2, 0.25) is 0 Å². The highest BCUT2D eigenvalue weighted by Gasteiger charge is 2.11. The van der Waals surface area contributed by atoms with Crippen molar-refractivity contribution in [2.75, 3.05) is 17.7 Å². The minimum absolute atomic E-state index is 0.0210. The number of hydrogen-bond donors (Lipinski definition) is 2. The van der Waals surface area contributed by atoms with Gasteiger partial charge in [0, 0.05) is 11.1 Å². The number of aryl methyl sites for hydroxylation is 1. The van der Waals surface area contributed by atoms with Crippen molar-refractivity contribution in [3.05, 3.63) is 51.8 Å². The van der Waals surface area contributed by atoms with Crippen LogP contribution in [0, 0.1) is 12.7 Å². The first-order valence-electron chi connectivity index (χ1n) is 6.28. The van der Waals surface area contributed by atoms with E-state index in [0.717, 1.165) is 5.56 Å². The first kappa shape index (κ1) is 16.8. The summed E-state index contributed by atoms with van der Waals surface area (Å²) in [6, 6.07) is 8.11. The summed E-state index contributed by atoms with van der Waals surface area (Å²) in [6.07, 6.45) is 0. The van der Waals surface area contributed by atoms with Crippen molar-refractivity contribution in [3.8, 4) is 5.75 Å². The molecular formula is C15H13Cl2FN2OS. The van der Waals surface area contributed by atoms with Crippen LogP contribution in [0.1, 0.15) is 5.56 Å². The molecule has 3 nitrogen and oxygen atoms in total. The van der Waals surface area contributed by atoms with Gasteiger partial charge >= 0.3 is 0 Å². The average molecular weight is 359 g/mol. The molecule has 0 saturated carbocycles. The first-order valence-corrected chi connectivity index (χ1v) is 7.45. The molecule has 0 heterocycles. The van der Waals surface area contributed by atoms with Gasteiger partial charge in [-0.25, -0.2) is 4.39 Å². The molecule has 2 N–H and O–H groups in total. The Morgan fingerprint density at radius 3 is 2.50 bits per heavy atom. The van der Waals surface area contributed by atoms with Gasteiger partial charge < -0.3 is 15.4 Å². The second-order valence-electron chi connectivity index (χ2n) is 4.48. The van der Waals surface area contributed by atoms with Gasteiger partial charge in [-0.1, -0.05) is 29.3 Å². The molecule has 7 heteroatoms. The fourth-order valence-electron chi connectivity index (χ4n) is 1.81. The molecule has 0 fully saturated rings. The van der Waals surface area contributed by atoms with Gasteiger partial charge in [-0.15, -0.1) is 0 Å². The van der Waals surface area contributed by atoms with E-state index in [9.17, 15) is 4.39 Å². The summed E-state index contributed by atoms with van der Waals surface area (Å²) in [6.45, 7) is 1.86. The van der Waals surface area contributed by atoms with E-state index in [1.54, 1.807) is 24.3 Å². The van der Waals surface area contributed by atoms with Gasteiger partial charge in [-0.3, -0.25) is 0 Å². The molecule has 116 valence electrons. The van der Waals surface area contributed by atoms with Crippen molar-refractivity contribution >= 4 is 51.9 Å². The number of halogens is 3. The summed E-state index contributed by atoms with van der Waals surface area (Å²) in [7, 11) is 1.53. The van der Waals surface area contributed by atoms with E-state index in [2.05, 4.69) is 10.6 Å². The van der Waals surface area contributed by atoms with Gasteiger partial charge in [0.15, 0.2) is 10.9 Å². The summed E-state index contributed by atoms with van der Waals surface area (Å²) in [5, 5.41) is 6.52. The standard InChI is InChI=1S/C15H13Cl2FN2OS/c1-8-6-12(13(21-2)7-10(8)17)20-15(22)19-11-5-3-4-9(16)14(11)18/h3-7H,1-2H3,(H2,19,20,22). The third-order valence-electron chi connectivity index (χ3n) is 2.93. The van der Waals surface area contributed by atoms with E-state index >= 15 is 0 Å². The van der Waals surface area contributed by atoms with Crippen LogP contribution in [0.4, 0.5) is 15.8 Å². The normalized spacial score (nSPS) is 10.2. The van der Waals surface area contributed by atoms with Crippen LogP contribution in [0.15, 0.2) is 30.3 Å². The molecule has 22 heavy (non-hydrogen) atoms. The molecule has 0 aromatic heterocycles. The lowest BCUT2D eigenvalue weighted by Gasteiger charge is -2.15. The van der Waals surface area contributed by atoms with E-state index < -0.39 is 5.82 Å². The Balaban J connectivity index is 2.19. The predicted octanol–water partition coefficient (Wildman–Crippen LogP) is 5.26. The van der Waals surface area contributed by atoms with Gasteiger partial charge in [-0.05, 0) is 42.9 Å². The van der Waals surface area contributed by atoms with Gasteiger partial charge in [0.25, 0.3) is 0 Å². The maximum absolute atomic E-state index is 13.8. The average Bonchev–Trinajstić information content (AvgIpc) is 2.47. The highest BCUT2D eigenvalue weighted by atomic mass is 35.5. The molecule has 0 unspecified atom stereocenters. The third kappa shape index (κ3) is 3.80. The number of rotatable bonds is 3. The van der Waals surface area contributed by atoms with Gasteiger partial charge in [0.1, 0.15) is 5.75 Å². The van der Waals surface area contributed by atoms with Crippen LogP contribution >= 0.6 is 35.4 Å². The number of methoxy groups -OCH3 is 1. The minimum Gasteiger partial charge on any atom is -0.495 e. The highest BCUT2D eigenvalue weighted by molar-refractivity contribution is 7.80. The highest BCUT2D eigenvalue weighted by Crippen LogP contribution is 2.31. The molecule has 0 atom stereocenters. The van der Waals surface area contributed by atoms with Crippen molar-refractivity contribution in [1.82, 2.24) is 0 Å². The van der Waals surface area contributed by atoms with Crippen molar-refractivity contribution in [2.24, 2.45) is 0 Å². The van der Waals surface area contributed by atoms with Crippen LogP contribution in [0.2, 0.25) is 10.0 Å². The van der Waals surface area contributed by atoms with Crippen molar-refractivity contribution < 1.29 is 9.13 Å². The Morgan fingerprint density at radius 2 is 1.82 bits per heavy atom. The molecule has 2 aromatic rings. The molecule has 2 rings (SSSR count). The summed E-state index contributed by atoms with van der Waals surface area (Å²) < 4.78 is 19.1. The van der Waals surface area contributed by atoms with Crippen LogP contribution in [0.3, 0.4) is 0 Å². The SMILES string of the molecule is COc1cc(Cl)c(C)cc1NC(=S)Nc1cccc(Cl)c1F. The second kappa shape index (κ2) is 7.13. The number of benzene rings is 2. The molecule has 0 bridgehead atoms. The zero-order chi connectivity index (χ0) is 16.3. The molecule has 0 spiro atoms.